The van der Waals surface area contributed by atoms with E-state index >= 15 is 0 Å². The van der Waals surface area contributed by atoms with E-state index in [0.717, 1.165) is 11.5 Å². The van der Waals surface area contributed by atoms with Crippen molar-refractivity contribution in [2.75, 3.05) is 12.3 Å². The van der Waals surface area contributed by atoms with Gasteiger partial charge in [-0.3, -0.25) is 4.79 Å². The number of terminal acetylenes is 1. The van der Waals surface area contributed by atoms with Crippen molar-refractivity contribution in [1.82, 2.24) is 9.36 Å². The highest BCUT2D eigenvalue weighted by Gasteiger charge is 2.17. The van der Waals surface area contributed by atoms with E-state index in [2.05, 4.69) is 25.3 Å². The lowest BCUT2D eigenvalue weighted by molar-refractivity contribution is -0.106. The number of nitrogens with two attached hydrogens (primary N) is 1. The Hall–Kier alpha value is -1.65. The largest absolute Gasteiger partial charge is 0.382 e. The molecular formula is C7H5ClN4O2S. The summed E-state index contributed by atoms with van der Waals surface area (Å²) in [5.74, 6) is 2.19. The number of hydrogen-bond donors (Lipinski definition) is 1. The lowest BCUT2D eigenvalue weighted by Crippen LogP contribution is -2.12. The molecule has 0 saturated carbocycles. The SMILES string of the molecule is C#CCO/N=C(/C(=O)Cl)c1nsc(N)n1. The first-order valence-corrected chi connectivity index (χ1v) is 4.73. The van der Waals surface area contributed by atoms with Crippen LogP contribution in [0.3, 0.4) is 0 Å². The third kappa shape index (κ3) is 3.19. The van der Waals surface area contributed by atoms with Crippen LogP contribution in [0.15, 0.2) is 5.16 Å². The van der Waals surface area contributed by atoms with E-state index in [-0.39, 0.29) is 23.3 Å². The number of halogens is 1. The van der Waals surface area contributed by atoms with Crippen LogP contribution in [0.1, 0.15) is 5.82 Å². The number of nitrogens with zero attached hydrogens (tertiary/aromatic N) is 3. The molecule has 0 radical (unpaired) electrons. The fourth-order valence-corrected chi connectivity index (χ4v) is 1.18. The van der Waals surface area contributed by atoms with E-state index in [1.165, 1.54) is 0 Å². The Balaban J connectivity index is 2.89. The van der Waals surface area contributed by atoms with Crippen molar-refractivity contribution in [2.45, 2.75) is 0 Å². The fourth-order valence-electron chi connectivity index (χ4n) is 0.630. The van der Waals surface area contributed by atoms with Gasteiger partial charge in [0.2, 0.25) is 11.5 Å². The molecule has 1 aromatic rings. The summed E-state index contributed by atoms with van der Waals surface area (Å²) in [6.45, 7) is -0.0761. The van der Waals surface area contributed by atoms with Gasteiger partial charge < -0.3 is 10.6 Å². The number of anilines is 1. The van der Waals surface area contributed by atoms with E-state index in [1.54, 1.807) is 0 Å². The number of carbonyl (C=O) groups is 1. The zero-order valence-electron chi connectivity index (χ0n) is 7.31. The smallest absolute Gasteiger partial charge is 0.278 e. The first-order valence-electron chi connectivity index (χ1n) is 3.58. The summed E-state index contributed by atoms with van der Waals surface area (Å²) in [4.78, 5) is 19.3. The molecule has 1 aromatic heterocycles. The van der Waals surface area contributed by atoms with Crippen LogP contribution in [0.4, 0.5) is 5.13 Å². The molecule has 0 bridgehead atoms. The number of oxime groups is 1. The lowest BCUT2D eigenvalue weighted by Gasteiger charge is -1.95. The van der Waals surface area contributed by atoms with Gasteiger partial charge in [-0.1, -0.05) is 11.1 Å². The number of carbonyl (C=O) groups excluding carboxylic acids is 1. The number of hydrogen-bond acceptors (Lipinski definition) is 7. The molecule has 15 heavy (non-hydrogen) atoms. The minimum absolute atomic E-state index is 0.0227. The van der Waals surface area contributed by atoms with Gasteiger partial charge >= 0.3 is 0 Å². The topological polar surface area (TPSA) is 90.5 Å². The van der Waals surface area contributed by atoms with Gasteiger partial charge in [0.25, 0.3) is 5.24 Å². The van der Waals surface area contributed by atoms with E-state index in [1.807, 2.05) is 0 Å². The molecular weight excluding hydrogens is 240 g/mol. The number of nitrogen functional groups attached to an aromatic ring is 1. The van der Waals surface area contributed by atoms with Crippen LogP contribution in [0, 0.1) is 12.3 Å². The van der Waals surface area contributed by atoms with Crippen LogP contribution in [0.2, 0.25) is 0 Å². The van der Waals surface area contributed by atoms with Crippen molar-refractivity contribution in [3.63, 3.8) is 0 Å². The van der Waals surface area contributed by atoms with Crippen LogP contribution in [0.5, 0.6) is 0 Å². The van der Waals surface area contributed by atoms with E-state index in [4.69, 9.17) is 23.8 Å². The third-order valence-electron chi connectivity index (χ3n) is 1.14. The molecule has 2 N–H and O–H groups in total. The molecule has 0 aliphatic rings. The monoisotopic (exact) mass is 244 g/mol. The second-order valence-electron chi connectivity index (χ2n) is 2.15. The molecule has 0 fully saturated rings. The maximum Gasteiger partial charge on any atom is 0.278 e. The van der Waals surface area contributed by atoms with E-state index in [9.17, 15) is 4.79 Å². The molecule has 0 atom stereocenters. The molecule has 0 amide bonds. The predicted molar refractivity (Wildman–Crippen MR) is 56.5 cm³/mol. The summed E-state index contributed by atoms with van der Waals surface area (Å²) >= 11 is 6.17. The van der Waals surface area contributed by atoms with Gasteiger partial charge in [0.1, 0.15) is 0 Å². The van der Waals surface area contributed by atoms with Gasteiger partial charge in [-0.05, 0) is 11.6 Å². The zero-order valence-corrected chi connectivity index (χ0v) is 8.88. The summed E-state index contributed by atoms with van der Waals surface area (Å²) in [7, 11) is 0. The molecule has 0 aliphatic heterocycles. The summed E-state index contributed by atoms with van der Waals surface area (Å²) in [5.41, 5.74) is 5.11. The standard InChI is InChI=1S/C7H5ClN4O2S/c1-2-3-14-11-4(5(8)13)6-10-7(9)15-12-6/h1H,3H2,(H2,9,10,12)/b11-4-. The van der Waals surface area contributed by atoms with Crippen molar-refractivity contribution in [2.24, 2.45) is 5.16 Å². The molecule has 1 heterocycles. The number of rotatable bonds is 4. The third-order valence-corrected chi connectivity index (χ3v) is 1.87. The maximum atomic E-state index is 10.9. The highest BCUT2D eigenvalue weighted by molar-refractivity contribution is 7.09. The second kappa shape index (κ2) is 5.29. The van der Waals surface area contributed by atoms with Crippen LogP contribution in [-0.2, 0) is 9.63 Å². The van der Waals surface area contributed by atoms with E-state index in [0.29, 0.717) is 0 Å². The Kier molecular flexibility index (Phi) is 4.03. The Labute approximate surface area is 94.2 Å². The van der Waals surface area contributed by atoms with Crippen molar-refractivity contribution < 1.29 is 9.63 Å². The Morgan fingerprint density at radius 3 is 3.00 bits per heavy atom. The molecule has 6 nitrogen and oxygen atoms in total. The second-order valence-corrected chi connectivity index (χ2v) is 3.27. The molecule has 1 rings (SSSR count). The van der Waals surface area contributed by atoms with E-state index < -0.39 is 5.24 Å². The molecule has 0 aliphatic carbocycles. The quantitative estimate of drug-likeness (QED) is 0.269. The van der Waals surface area contributed by atoms with Crippen LogP contribution >= 0.6 is 23.1 Å². The Morgan fingerprint density at radius 1 is 1.80 bits per heavy atom. The lowest BCUT2D eigenvalue weighted by atomic mass is 10.4. The summed E-state index contributed by atoms with van der Waals surface area (Å²) in [5, 5.41) is 2.77. The Morgan fingerprint density at radius 2 is 2.53 bits per heavy atom. The number of aromatic nitrogens is 2. The average Bonchev–Trinajstić information content (AvgIpc) is 2.59. The molecule has 0 unspecified atom stereocenters. The summed E-state index contributed by atoms with van der Waals surface area (Å²) < 4.78 is 3.75. The summed E-state index contributed by atoms with van der Waals surface area (Å²) in [6.07, 6.45) is 4.92. The molecule has 0 aromatic carbocycles. The molecule has 0 spiro atoms. The van der Waals surface area contributed by atoms with Gasteiger partial charge in [-0.2, -0.15) is 9.36 Å². The fraction of sp³-hybridized carbons (Fsp3) is 0.143. The predicted octanol–water partition coefficient (Wildman–Crippen LogP) is 0.240. The minimum atomic E-state index is -0.843. The van der Waals surface area contributed by atoms with Crippen molar-refractivity contribution in [3.05, 3.63) is 5.82 Å². The molecule has 0 saturated heterocycles. The van der Waals surface area contributed by atoms with Gasteiger partial charge in [-0.15, -0.1) is 6.42 Å². The van der Waals surface area contributed by atoms with Gasteiger partial charge in [0.05, 0.1) is 0 Å². The first-order chi connectivity index (χ1) is 7.15. The van der Waals surface area contributed by atoms with Crippen molar-refractivity contribution in [3.8, 4) is 12.3 Å². The minimum Gasteiger partial charge on any atom is -0.382 e. The van der Waals surface area contributed by atoms with Crippen LogP contribution in [-0.4, -0.2) is 26.9 Å². The van der Waals surface area contributed by atoms with Gasteiger partial charge in [0, 0.05) is 11.5 Å². The van der Waals surface area contributed by atoms with Crippen LogP contribution in [0.25, 0.3) is 0 Å². The highest BCUT2D eigenvalue weighted by atomic mass is 35.5. The summed E-state index contributed by atoms with van der Waals surface area (Å²) in [6, 6.07) is 0. The Bertz CT molecular complexity index is 436. The van der Waals surface area contributed by atoms with Gasteiger partial charge in [-0.25, -0.2) is 0 Å². The molecule has 8 heteroatoms. The molecule has 78 valence electrons. The highest BCUT2D eigenvalue weighted by Crippen LogP contribution is 2.08. The zero-order chi connectivity index (χ0) is 11.3. The van der Waals surface area contributed by atoms with Crippen molar-refractivity contribution in [1.29, 1.82) is 0 Å². The average molecular weight is 245 g/mol. The normalized spacial score (nSPS) is 10.8. The maximum absolute atomic E-state index is 10.9. The van der Waals surface area contributed by atoms with Gasteiger partial charge in [0.15, 0.2) is 11.7 Å². The first kappa shape index (κ1) is 11.4. The van der Waals surface area contributed by atoms with Crippen LogP contribution < -0.4 is 5.73 Å². The van der Waals surface area contributed by atoms with Crippen molar-refractivity contribution >= 4 is 39.2 Å².